The van der Waals surface area contributed by atoms with E-state index in [4.69, 9.17) is 0 Å². The first-order chi connectivity index (χ1) is 13.0. The molecule has 0 bridgehead atoms. The van der Waals surface area contributed by atoms with Gasteiger partial charge in [0.25, 0.3) is 0 Å². The first kappa shape index (κ1) is 18.4. The number of nitriles is 2. The molecule has 134 valence electrons. The van der Waals surface area contributed by atoms with E-state index in [1.165, 1.54) is 0 Å². The van der Waals surface area contributed by atoms with Gasteiger partial charge in [-0.05, 0) is 47.9 Å². The summed E-state index contributed by atoms with van der Waals surface area (Å²) in [4.78, 5) is 11.1. The summed E-state index contributed by atoms with van der Waals surface area (Å²) >= 11 is 0. The van der Waals surface area contributed by atoms with Crippen LogP contribution in [0, 0.1) is 45.6 Å². The fourth-order valence-corrected chi connectivity index (χ4v) is 3.96. The summed E-state index contributed by atoms with van der Waals surface area (Å²) < 4.78 is 0. The van der Waals surface area contributed by atoms with Crippen LogP contribution in [-0.2, 0) is 6.42 Å². The van der Waals surface area contributed by atoms with E-state index in [9.17, 15) is 20.6 Å². The van der Waals surface area contributed by atoms with Gasteiger partial charge >= 0.3 is 0 Å². The van der Waals surface area contributed by atoms with Crippen molar-refractivity contribution in [1.82, 2.24) is 0 Å². The molecule has 0 amide bonds. The molecule has 0 aromatic heterocycles. The number of hydrogen-bond donors (Lipinski definition) is 0. The van der Waals surface area contributed by atoms with Crippen LogP contribution in [0.15, 0.2) is 54.1 Å². The van der Waals surface area contributed by atoms with Gasteiger partial charge in [-0.3, -0.25) is 10.1 Å². The highest BCUT2D eigenvalue weighted by Gasteiger charge is 2.36. The third-order valence-corrected chi connectivity index (χ3v) is 5.23. The second-order valence-electron chi connectivity index (χ2n) is 6.85. The number of nitro groups is 1. The van der Waals surface area contributed by atoms with Crippen LogP contribution in [0.1, 0.15) is 34.6 Å². The van der Waals surface area contributed by atoms with Gasteiger partial charge in [-0.15, -0.1) is 0 Å². The summed E-state index contributed by atoms with van der Waals surface area (Å²) in [5.74, 6) is -0.636. The minimum Gasteiger partial charge on any atom is -0.265 e. The summed E-state index contributed by atoms with van der Waals surface area (Å²) in [7, 11) is 0. The second kappa shape index (κ2) is 7.85. The Hall–Kier alpha value is -3.44. The maximum Gasteiger partial charge on any atom is 0.211 e. The number of rotatable bonds is 4. The van der Waals surface area contributed by atoms with E-state index in [-0.39, 0.29) is 28.9 Å². The largest absolute Gasteiger partial charge is 0.265 e. The van der Waals surface area contributed by atoms with Gasteiger partial charge in [0.15, 0.2) is 0 Å². The number of allylic oxidation sites excluding steroid dienone is 2. The predicted molar refractivity (Wildman–Crippen MR) is 102 cm³/mol. The van der Waals surface area contributed by atoms with Crippen LogP contribution >= 0.6 is 0 Å². The summed E-state index contributed by atoms with van der Waals surface area (Å²) in [5.41, 5.74) is 4.59. The number of nitrogens with zero attached hydrogens (tertiary/aromatic N) is 3. The highest BCUT2D eigenvalue weighted by molar-refractivity contribution is 5.80. The zero-order valence-corrected chi connectivity index (χ0v) is 15.1. The molecule has 0 fully saturated rings. The maximum absolute atomic E-state index is 11.4. The summed E-state index contributed by atoms with van der Waals surface area (Å²) in [6, 6.07) is 19.4. The topological polar surface area (TPSA) is 90.7 Å². The number of fused-ring (bicyclic) bond motifs is 1. The molecule has 0 aliphatic heterocycles. The van der Waals surface area contributed by atoms with Crippen LogP contribution in [0.2, 0.25) is 0 Å². The van der Waals surface area contributed by atoms with Crippen molar-refractivity contribution in [1.29, 1.82) is 10.5 Å². The van der Waals surface area contributed by atoms with Crippen molar-refractivity contribution in [2.75, 3.05) is 6.54 Å². The van der Waals surface area contributed by atoms with E-state index < -0.39 is 0 Å². The maximum atomic E-state index is 11.4. The van der Waals surface area contributed by atoms with E-state index in [2.05, 4.69) is 0 Å². The molecule has 2 atom stereocenters. The average Bonchev–Trinajstić information content (AvgIpc) is 2.68. The lowest BCUT2D eigenvalue weighted by molar-refractivity contribution is -0.484. The fraction of sp³-hybridized carbons (Fsp3) is 0.273. The van der Waals surface area contributed by atoms with Crippen molar-refractivity contribution in [3.8, 4) is 12.1 Å². The monoisotopic (exact) mass is 357 g/mol. The SMILES string of the molecule is Cc1ccc([C@@H](C[N+](=O)[O-])[C@H]2CCc3ccccc3C2=C(C#N)C#N)cc1. The van der Waals surface area contributed by atoms with Gasteiger partial charge in [-0.1, -0.05) is 54.1 Å². The Balaban J connectivity index is 2.17. The van der Waals surface area contributed by atoms with E-state index in [1.54, 1.807) is 0 Å². The Morgan fingerprint density at radius 3 is 2.48 bits per heavy atom. The molecule has 0 unspecified atom stereocenters. The van der Waals surface area contributed by atoms with E-state index in [1.807, 2.05) is 67.6 Å². The molecule has 0 heterocycles. The smallest absolute Gasteiger partial charge is 0.211 e. The third-order valence-electron chi connectivity index (χ3n) is 5.23. The van der Waals surface area contributed by atoms with Crippen molar-refractivity contribution >= 4 is 5.57 Å². The zero-order chi connectivity index (χ0) is 19.4. The highest BCUT2D eigenvalue weighted by atomic mass is 16.6. The molecular weight excluding hydrogens is 338 g/mol. The summed E-state index contributed by atoms with van der Waals surface area (Å²) in [6.07, 6.45) is 1.44. The number of aryl methyl sites for hydroxylation is 2. The van der Waals surface area contributed by atoms with Crippen LogP contribution in [-0.4, -0.2) is 11.5 Å². The van der Waals surface area contributed by atoms with E-state index >= 15 is 0 Å². The van der Waals surface area contributed by atoms with Gasteiger partial charge in [-0.2, -0.15) is 10.5 Å². The Labute approximate surface area is 158 Å². The zero-order valence-electron chi connectivity index (χ0n) is 15.1. The van der Waals surface area contributed by atoms with Crippen molar-refractivity contribution < 1.29 is 4.92 Å². The predicted octanol–water partition coefficient (Wildman–Crippen LogP) is 4.42. The molecule has 0 saturated carbocycles. The molecule has 3 rings (SSSR count). The van der Waals surface area contributed by atoms with Crippen molar-refractivity contribution in [2.24, 2.45) is 5.92 Å². The molecule has 0 saturated heterocycles. The molecule has 0 radical (unpaired) electrons. The number of benzene rings is 2. The van der Waals surface area contributed by atoms with Crippen LogP contribution in [0.4, 0.5) is 0 Å². The first-order valence-corrected chi connectivity index (χ1v) is 8.86. The molecule has 0 N–H and O–H groups in total. The molecule has 0 spiro atoms. The van der Waals surface area contributed by atoms with Crippen LogP contribution in [0.25, 0.3) is 5.57 Å². The lowest BCUT2D eigenvalue weighted by atomic mass is 9.70. The van der Waals surface area contributed by atoms with Crippen LogP contribution in [0.5, 0.6) is 0 Å². The minimum absolute atomic E-state index is 0.0487. The van der Waals surface area contributed by atoms with Crippen LogP contribution in [0.3, 0.4) is 0 Å². The van der Waals surface area contributed by atoms with E-state index in [0.29, 0.717) is 12.0 Å². The number of hydrogen-bond acceptors (Lipinski definition) is 4. The van der Waals surface area contributed by atoms with Gasteiger partial charge in [-0.25, -0.2) is 0 Å². The quantitative estimate of drug-likeness (QED) is 0.460. The van der Waals surface area contributed by atoms with Gasteiger partial charge < -0.3 is 0 Å². The summed E-state index contributed by atoms with van der Waals surface area (Å²) in [5, 5.41) is 30.5. The van der Waals surface area contributed by atoms with Crippen molar-refractivity contribution in [3.05, 3.63) is 86.5 Å². The van der Waals surface area contributed by atoms with Crippen molar-refractivity contribution in [3.63, 3.8) is 0 Å². The summed E-state index contributed by atoms with van der Waals surface area (Å²) in [6.45, 7) is 1.74. The molecule has 1 aliphatic carbocycles. The Morgan fingerprint density at radius 1 is 1.19 bits per heavy atom. The molecule has 5 heteroatoms. The Kier molecular flexibility index (Phi) is 5.33. The molecule has 2 aromatic rings. The molecule has 27 heavy (non-hydrogen) atoms. The highest BCUT2D eigenvalue weighted by Crippen LogP contribution is 2.44. The van der Waals surface area contributed by atoms with Gasteiger partial charge in [0, 0.05) is 4.92 Å². The van der Waals surface area contributed by atoms with E-state index in [0.717, 1.165) is 28.7 Å². The van der Waals surface area contributed by atoms with Crippen LogP contribution < -0.4 is 0 Å². The van der Waals surface area contributed by atoms with Gasteiger partial charge in [0.05, 0.1) is 5.92 Å². The lowest BCUT2D eigenvalue weighted by Gasteiger charge is -2.32. The Bertz CT molecular complexity index is 962. The normalized spacial score (nSPS) is 16.6. The Morgan fingerprint density at radius 2 is 1.85 bits per heavy atom. The molecule has 5 nitrogen and oxygen atoms in total. The molecule has 1 aliphatic rings. The minimum atomic E-state index is -0.388. The van der Waals surface area contributed by atoms with Gasteiger partial charge in [0.1, 0.15) is 17.7 Å². The molecular formula is C22H19N3O2. The third kappa shape index (κ3) is 3.73. The second-order valence-corrected chi connectivity index (χ2v) is 6.85. The molecule has 2 aromatic carbocycles. The fourth-order valence-electron chi connectivity index (χ4n) is 3.96. The average molecular weight is 357 g/mol. The van der Waals surface area contributed by atoms with Crippen molar-refractivity contribution in [2.45, 2.75) is 25.7 Å². The van der Waals surface area contributed by atoms with Gasteiger partial charge in [0.2, 0.25) is 6.54 Å². The first-order valence-electron chi connectivity index (χ1n) is 8.86. The standard InChI is InChI=1S/C22H19N3O2/c1-15-6-8-17(9-7-15)21(14-25(26)27)20-11-10-16-4-2-3-5-19(16)22(20)18(12-23)13-24/h2-9,20-21H,10-11,14H2,1H3/t20-,21-/m1/s1. The lowest BCUT2D eigenvalue weighted by Crippen LogP contribution is -2.26.